The molecule has 0 bridgehead atoms. The first-order chi connectivity index (χ1) is 11.6. The summed E-state index contributed by atoms with van der Waals surface area (Å²) >= 11 is 6.00. The van der Waals surface area contributed by atoms with Crippen LogP contribution in [0.1, 0.15) is 28.8 Å². The highest BCUT2D eigenvalue weighted by atomic mass is 35.5. The topological polar surface area (TPSA) is 42.0 Å². The van der Waals surface area contributed by atoms with E-state index in [-0.39, 0.29) is 5.91 Å². The fraction of sp³-hybridized carbons (Fsp3) is 0.200. The number of halogens is 1. The van der Waals surface area contributed by atoms with Gasteiger partial charge in [0.15, 0.2) is 0 Å². The third-order valence-corrected chi connectivity index (χ3v) is 4.65. The van der Waals surface area contributed by atoms with Crippen LogP contribution in [0.25, 0.3) is 22.2 Å². The normalized spacial score (nSPS) is 13.9. The zero-order valence-corrected chi connectivity index (χ0v) is 14.1. The van der Waals surface area contributed by atoms with Gasteiger partial charge in [-0.05, 0) is 43.5 Å². The van der Waals surface area contributed by atoms with Crippen LogP contribution < -0.4 is 5.32 Å². The highest BCUT2D eigenvalue weighted by Crippen LogP contribution is 2.31. The highest BCUT2D eigenvalue weighted by Gasteiger charge is 2.26. The Labute approximate surface area is 145 Å². The Morgan fingerprint density at radius 1 is 1.12 bits per heavy atom. The van der Waals surface area contributed by atoms with Gasteiger partial charge in [0.05, 0.1) is 16.8 Å². The first kappa shape index (κ1) is 15.2. The minimum absolute atomic E-state index is 0.0104. The SMILES string of the molecule is Cc1c(-c2ccc(Cl)cc2)nc2ccccc2c1C(=O)NC1CC1. The Morgan fingerprint density at radius 3 is 2.54 bits per heavy atom. The molecule has 3 nitrogen and oxygen atoms in total. The summed E-state index contributed by atoms with van der Waals surface area (Å²) in [6.45, 7) is 1.96. The molecule has 0 aliphatic heterocycles. The second kappa shape index (κ2) is 5.91. The number of pyridine rings is 1. The largest absolute Gasteiger partial charge is 0.349 e. The Kier molecular flexibility index (Phi) is 3.73. The van der Waals surface area contributed by atoms with Gasteiger partial charge in [0.25, 0.3) is 5.91 Å². The average molecular weight is 337 g/mol. The summed E-state index contributed by atoms with van der Waals surface area (Å²) in [5.74, 6) is -0.0104. The molecule has 3 aromatic rings. The van der Waals surface area contributed by atoms with Crippen molar-refractivity contribution in [2.24, 2.45) is 0 Å². The lowest BCUT2D eigenvalue weighted by molar-refractivity contribution is 0.0952. The van der Waals surface area contributed by atoms with Crippen LogP contribution in [0.3, 0.4) is 0 Å². The zero-order valence-electron chi connectivity index (χ0n) is 13.3. The second-order valence-corrected chi connectivity index (χ2v) is 6.67. The number of aromatic nitrogens is 1. The third-order valence-electron chi connectivity index (χ3n) is 4.39. The van der Waals surface area contributed by atoms with E-state index in [9.17, 15) is 4.79 Å². The van der Waals surface area contributed by atoms with Gasteiger partial charge in [0.2, 0.25) is 0 Å². The van der Waals surface area contributed by atoms with Gasteiger partial charge >= 0.3 is 0 Å². The van der Waals surface area contributed by atoms with E-state index in [4.69, 9.17) is 16.6 Å². The molecule has 1 aliphatic carbocycles. The molecule has 0 atom stereocenters. The predicted molar refractivity (Wildman–Crippen MR) is 97.4 cm³/mol. The molecule has 24 heavy (non-hydrogen) atoms. The molecule has 4 rings (SSSR count). The van der Waals surface area contributed by atoms with E-state index in [0.29, 0.717) is 11.1 Å². The quantitative estimate of drug-likeness (QED) is 0.749. The molecule has 120 valence electrons. The summed E-state index contributed by atoms with van der Waals surface area (Å²) in [7, 11) is 0. The number of fused-ring (bicyclic) bond motifs is 1. The first-order valence-corrected chi connectivity index (χ1v) is 8.47. The van der Waals surface area contributed by atoms with Gasteiger partial charge in [0, 0.05) is 22.0 Å². The van der Waals surface area contributed by atoms with E-state index in [2.05, 4.69) is 5.32 Å². The van der Waals surface area contributed by atoms with E-state index >= 15 is 0 Å². The van der Waals surface area contributed by atoms with E-state index in [1.165, 1.54) is 0 Å². The minimum atomic E-state index is -0.0104. The van der Waals surface area contributed by atoms with Crippen molar-refractivity contribution >= 4 is 28.4 Å². The molecule has 1 fully saturated rings. The van der Waals surface area contributed by atoms with Gasteiger partial charge in [-0.3, -0.25) is 4.79 Å². The predicted octanol–water partition coefficient (Wildman–Crippen LogP) is 4.76. The van der Waals surface area contributed by atoms with E-state index in [1.54, 1.807) is 0 Å². The number of amides is 1. The van der Waals surface area contributed by atoms with Gasteiger partial charge in [0.1, 0.15) is 0 Å². The molecule has 2 aromatic carbocycles. The van der Waals surface area contributed by atoms with Crippen LogP contribution in [-0.2, 0) is 0 Å². The van der Waals surface area contributed by atoms with Crippen molar-refractivity contribution in [3.63, 3.8) is 0 Å². The Bertz CT molecular complexity index is 930. The van der Waals surface area contributed by atoms with Crippen molar-refractivity contribution in [1.29, 1.82) is 0 Å². The number of nitrogens with one attached hydrogen (secondary N) is 1. The smallest absolute Gasteiger partial charge is 0.252 e. The maximum Gasteiger partial charge on any atom is 0.252 e. The van der Waals surface area contributed by atoms with E-state index in [0.717, 1.165) is 46.1 Å². The van der Waals surface area contributed by atoms with Crippen LogP contribution in [-0.4, -0.2) is 16.9 Å². The van der Waals surface area contributed by atoms with Crippen molar-refractivity contribution in [2.75, 3.05) is 0 Å². The monoisotopic (exact) mass is 336 g/mol. The number of para-hydroxylation sites is 1. The van der Waals surface area contributed by atoms with Crippen LogP contribution in [0.4, 0.5) is 0 Å². The lowest BCUT2D eigenvalue weighted by Crippen LogP contribution is -2.26. The molecule has 0 radical (unpaired) electrons. The Morgan fingerprint density at radius 2 is 1.83 bits per heavy atom. The molecule has 1 amide bonds. The maximum atomic E-state index is 12.8. The summed E-state index contributed by atoms with van der Waals surface area (Å²) in [4.78, 5) is 17.6. The number of rotatable bonds is 3. The summed E-state index contributed by atoms with van der Waals surface area (Å²) < 4.78 is 0. The van der Waals surface area contributed by atoms with Crippen LogP contribution in [0.5, 0.6) is 0 Å². The number of hydrogen-bond donors (Lipinski definition) is 1. The van der Waals surface area contributed by atoms with Gasteiger partial charge in [-0.25, -0.2) is 4.98 Å². The minimum Gasteiger partial charge on any atom is -0.349 e. The van der Waals surface area contributed by atoms with Gasteiger partial charge in [-0.1, -0.05) is 41.9 Å². The van der Waals surface area contributed by atoms with Crippen molar-refractivity contribution in [1.82, 2.24) is 10.3 Å². The standard InChI is InChI=1S/C20H17ClN2O/c1-12-18(20(24)22-15-10-11-15)16-4-2-3-5-17(16)23-19(12)13-6-8-14(21)9-7-13/h2-9,15H,10-11H2,1H3,(H,22,24). The third kappa shape index (κ3) is 2.76. The van der Waals surface area contributed by atoms with Crippen LogP contribution in [0, 0.1) is 6.92 Å². The van der Waals surface area contributed by atoms with Gasteiger partial charge in [-0.2, -0.15) is 0 Å². The second-order valence-electron chi connectivity index (χ2n) is 6.23. The van der Waals surface area contributed by atoms with Crippen LogP contribution >= 0.6 is 11.6 Å². The molecule has 1 N–H and O–H groups in total. The maximum absolute atomic E-state index is 12.8. The lowest BCUT2D eigenvalue weighted by Gasteiger charge is -2.14. The molecule has 0 spiro atoms. The molecular formula is C20H17ClN2O. The fourth-order valence-corrected chi connectivity index (χ4v) is 3.10. The zero-order chi connectivity index (χ0) is 16.7. The number of hydrogen-bond acceptors (Lipinski definition) is 2. The summed E-state index contributed by atoms with van der Waals surface area (Å²) in [6, 6.07) is 15.7. The van der Waals surface area contributed by atoms with Gasteiger partial charge < -0.3 is 5.32 Å². The Hall–Kier alpha value is -2.39. The van der Waals surface area contributed by atoms with Crippen LogP contribution in [0.15, 0.2) is 48.5 Å². The number of nitrogens with zero attached hydrogens (tertiary/aromatic N) is 1. The molecule has 1 aromatic heterocycles. The van der Waals surface area contributed by atoms with Crippen molar-refractivity contribution in [3.8, 4) is 11.3 Å². The summed E-state index contributed by atoms with van der Waals surface area (Å²) in [5, 5.41) is 4.68. The molecule has 1 heterocycles. The molecular weight excluding hydrogens is 320 g/mol. The van der Waals surface area contributed by atoms with Crippen molar-refractivity contribution < 1.29 is 4.79 Å². The van der Waals surface area contributed by atoms with Crippen molar-refractivity contribution in [3.05, 3.63) is 64.7 Å². The summed E-state index contributed by atoms with van der Waals surface area (Å²) in [5.41, 5.74) is 4.23. The molecule has 1 aliphatic rings. The fourth-order valence-electron chi connectivity index (χ4n) is 2.97. The average Bonchev–Trinajstić information content (AvgIpc) is 3.39. The first-order valence-electron chi connectivity index (χ1n) is 8.09. The molecule has 0 saturated heterocycles. The van der Waals surface area contributed by atoms with Crippen molar-refractivity contribution in [2.45, 2.75) is 25.8 Å². The lowest BCUT2D eigenvalue weighted by atomic mass is 9.97. The molecule has 4 heteroatoms. The molecule has 0 unspecified atom stereocenters. The van der Waals surface area contributed by atoms with Crippen LogP contribution in [0.2, 0.25) is 5.02 Å². The number of carbonyl (C=O) groups excluding carboxylic acids is 1. The Balaban J connectivity index is 1.92. The number of carbonyl (C=O) groups is 1. The molecule has 1 saturated carbocycles. The van der Waals surface area contributed by atoms with E-state index < -0.39 is 0 Å². The van der Waals surface area contributed by atoms with E-state index in [1.807, 2.05) is 55.5 Å². The van der Waals surface area contributed by atoms with Gasteiger partial charge in [-0.15, -0.1) is 0 Å². The summed E-state index contributed by atoms with van der Waals surface area (Å²) in [6.07, 6.45) is 2.13. The number of benzene rings is 2. The highest BCUT2D eigenvalue weighted by molar-refractivity contribution is 6.30.